The van der Waals surface area contributed by atoms with Crippen molar-refractivity contribution in [2.75, 3.05) is 0 Å². The number of aromatic nitrogens is 2. The first-order chi connectivity index (χ1) is 6.74. The van der Waals surface area contributed by atoms with Crippen LogP contribution in [0.5, 0.6) is 0 Å². The normalized spacial score (nSPS) is 11.4. The van der Waals surface area contributed by atoms with Crippen LogP contribution in [0, 0.1) is 5.92 Å². The summed E-state index contributed by atoms with van der Waals surface area (Å²) >= 11 is 0. The van der Waals surface area contributed by atoms with Crippen molar-refractivity contribution in [3.05, 3.63) is 35.9 Å². The van der Waals surface area contributed by atoms with E-state index < -0.39 is 0 Å². The first-order valence-corrected chi connectivity index (χ1v) is 5.18. The molecule has 1 aromatic heterocycles. The van der Waals surface area contributed by atoms with Crippen molar-refractivity contribution < 1.29 is 0 Å². The van der Waals surface area contributed by atoms with Crippen molar-refractivity contribution in [3.63, 3.8) is 0 Å². The highest BCUT2D eigenvalue weighted by atomic mass is 14.8. The van der Waals surface area contributed by atoms with Gasteiger partial charge in [-0.15, -0.1) is 0 Å². The van der Waals surface area contributed by atoms with Crippen molar-refractivity contribution >= 4 is 0 Å². The summed E-state index contributed by atoms with van der Waals surface area (Å²) in [4.78, 5) is 8.31. The minimum Gasteiger partial charge on any atom is -0.245 e. The van der Waals surface area contributed by atoms with E-state index in [1.54, 1.807) is 6.33 Å². The van der Waals surface area contributed by atoms with E-state index in [0.29, 0.717) is 5.92 Å². The summed E-state index contributed by atoms with van der Waals surface area (Å²) in [6.07, 6.45) is 9.85. The topological polar surface area (TPSA) is 25.8 Å². The number of hydrogen-bond acceptors (Lipinski definition) is 2. The first kappa shape index (κ1) is 10.9. The molecule has 0 unspecified atom stereocenters. The van der Waals surface area contributed by atoms with Gasteiger partial charge in [0.1, 0.15) is 6.33 Å². The number of nitrogens with zero attached hydrogens (tertiary/aromatic N) is 2. The third kappa shape index (κ3) is 3.29. The van der Waals surface area contributed by atoms with Gasteiger partial charge in [0.05, 0.1) is 5.69 Å². The Morgan fingerprint density at radius 3 is 2.86 bits per heavy atom. The molecule has 76 valence electrons. The molecule has 0 amide bonds. The predicted molar refractivity (Wildman–Crippen MR) is 59.1 cm³/mol. The Balaban J connectivity index is 2.66. The second-order valence-corrected chi connectivity index (χ2v) is 3.72. The Kier molecular flexibility index (Phi) is 4.30. The fourth-order valence-corrected chi connectivity index (χ4v) is 1.31. The molecule has 1 heterocycles. The van der Waals surface area contributed by atoms with Crippen molar-refractivity contribution in [1.82, 2.24) is 9.97 Å². The molecule has 0 radical (unpaired) electrons. The average molecular weight is 190 g/mol. The molecule has 2 nitrogen and oxygen atoms in total. The molecular weight excluding hydrogens is 172 g/mol. The molecule has 0 aliphatic rings. The number of rotatable bonds is 4. The minimum atomic E-state index is 0.613. The van der Waals surface area contributed by atoms with Gasteiger partial charge in [0.25, 0.3) is 0 Å². The average Bonchev–Trinajstić information content (AvgIpc) is 2.18. The zero-order chi connectivity index (χ0) is 10.4. The largest absolute Gasteiger partial charge is 0.245 e. The van der Waals surface area contributed by atoms with Crippen LogP contribution in [0.4, 0.5) is 0 Å². The van der Waals surface area contributed by atoms with Crippen LogP contribution >= 0.6 is 0 Å². The zero-order valence-electron chi connectivity index (χ0n) is 9.20. The molecule has 2 heteroatoms. The SMILES string of the molecule is CCc1cncnc1C/C=C\C(C)C. The van der Waals surface area contributed by atoms with E-state index in [2.05, 4.69) is 42.9 Å². The van der Waals surface area contributed by atoms with E-state index in [-0.39, 0.29) is 0 Å². The molecule has 0 atom stereocenters. The zero-order valence-corrected chi connectivity index (χ0v) is 9.20. The van der Waals surface area contributed by atoms with Crippen LogP contribution in [0.1, 0.15) is 32.0 Å². The van der Waals surface area contributed by atoms with Crippen molar-refractivity contribution in [1.29, 1.82) is 0 Å². The Bertz CT molecular complexity index is 303. The Morgan fingerprint density at radius 2 is 2.21 bits per heavy atom. The predicted octanol–water partition coefficient (Wildman–Crippen LogP) is 2.79. The maximum Gasteiger partial charge on any atom is 0.115 e. The van der Waals surface area contributed by atoms with Crippen LogP contribution in [0.15, 0.2) is 24.7 Å². The van der Waals surface area contributed by atoms with Crippen LogP contribution in [0.2, 0.25) is 0 Å². The number of aryl methyl sites for hydroxylation is 1. The molecule has 0 aliphatic carbocycles. The Morgan fingerprint density at radius 1 is 1.43 bits per heavy atom. The van der Waals surface area contributed by atoms with Crippen LogP contribution in [-0.4, -0.2) is 9.97 Å². The van der Waals surface area contributed by atoms with E-state index in [1.165, 1.54) is 5.56 Å². The lowest BCUT2D eigenvalue weighted by molar-refractivity contribution is 0.825. The Hall–Kier alpha value is -1.18. The quantitative estimate of drug-likeness (QED) is 0.682. The summed E-state index contributed by atoms with van der Waals surface area (Å²) in [7, 11) is 0. The van der Waals surface area contributed by atoms with Crippen LogP contribution in [-0.2, 0) is 12.8 Å². The van der Waals surface area contributed by atoms with E-state index in [1.807, 2.05) is 6.20 Å². The van der Waals surface area contributed by atoms with Gasteiger partial charge in [-0.3, -0.25) is 0 Å². The monoisotopic (exact) mass is 190 g/mol. The third-order valence-electron chi connectivity index (χ3n) is 2.09. The molecule has 0 aliphatic heterocycles. The smallest absolute Gasteiger partial charge is 0.115 e. The van der Waals surface area contributed by atoms with Crippen LogP contribution < -0.4 is 0 Å². The molecule has 0 spiro atoms. The second kappa shape index (κ2) is 5.53. The summed E-state index contributed by atoms with van der Waals surface area (Å²) in [5, 5.41) is 0. The second-order valence-electron chi connectivity index (χ2n) is 3.72. The lowest BCUT2D eigenvalue weighted by atomic mass is 10.1. The summed E-state index contributed by atoms with van der Waals surface area (Å²) in [5.74, 6) is 0.613. The van der Waals surface area contributed by atoms with Crippen LogP contribution in [0.25, 0.3) is 0 Å². The third-order valence-corrected chi connectivity index (χ3v) is 2.09. The number of allylic oxidation sites excluding steroid dienone is 2. The molecule has 0 saturated carbocycles. The molecule has 0 saturated heterocycles. The molecule has 1 rings (SSSR count). The maximum atomic E-state index is 4.28. The molecule has 0 fully saturated rings. The fraction of sp³-hybridized carbons (Fsp3) is 0.500. The van der Waals surface area contributed by atoms with Crippen LogP contribution in [0.3, 0.4) is 0 Å². The van der Waals surface area contributed by atoms with Gasteiger partial charge in [0.2, 0.25) is 0 Å². The van der Waals surface area contributed by atoms with Gasteiger partial charge in [0, 0.05) is 12.6 Å². The molecule has 1 aromatic rings. The molecule has 0 bridgehead atoms. The highest BCUT2D eigenvalue weighted by Gasteiger charge is 1.99. The summed E-state index contributed by atoms with van der Waals surface area (Å²) in [6, 6.07) is 0. The van der Waals surface area contributed by atoms with Gasteiger partial charge in [-0.2, -0.15) is 0 Å². The molecule has 0 aromatic carbocycles. The lowest BCUT2D eigenvalue weighted by Crippen LogP contribution is -1.96. The van der Waals surface area contributed by atoms with Gasteiger partial charge in [-0.25, -0.2) is 9.97 Å². The van der Waals surface area contributed by atoms with Crippen molar-refractivity contribution in [2.24, 2.45) is 5.92 Å². The molecular formula is C12H18N2. The van der Waals surface area contributed by atoms with E-state index in [0.717, 1.165) is 18.5 Å². The standard InChI is InChI=1S/C12H18N2/c1-4-11-8-13-9-14-12(11)7-5-6-10(2)3/h5-6,8-10H,4,7H2,1-3H3/b6-5-. The van der Waals surface area contributed by atoms with E-state index >= 15 is 0 Å². The maximum absolute atomic E-state index is 4.28. The lowest BCUT2D eigenvalue weighted by Gasteiger charge is -2.02. The fourth-order valence-electron chi connectivity index (χ4n) is 1.31. The number of hydrogen-bond donors (Lipinski definition) is 0. The van der Waals surface area contributed by atoms with E-state index in [4.69, 9.17) is 0 Å². The summed E-state index contributed by atoms with van der Waals surface area (Å²) in [5.41, 5.74) is 2.40. The van der Waals surface area contributed by atoms with Gasteiger partial charge < -0.3 is 0 Å². The highest BCUT2D eigenvalue weighted by molar-refractivity contribution is 5.18. The minimum absolute atomic E-state index is 0.613. The van der Waals surface area contributed by atoms with Gasteiger partial charge >= 0.3 is 0 Å². The van der Waals surface area contributed by atoms with Crippen molar-refractivity contribution in [3.8, 4) is 0 Å². The van der Waals surface area contributed by atoms with Gasteiger partial charge in [0.15, 0.2) is 0 Å². The molecule has 14 heavy (non-hydrogen) atoms. The molecule has 0 N–H and O–H groups in total. The van der Waals surface area contributed by atoms with Gasteiger partial charge in [-0.1, -0.05) is 32.9 Å². The summed E-state index contributed by atoms with van der Waals surface area (Å²) < 4.78 is 0. The first-order valence-electron chi connectivity index (χ1n) is 5.18. The van der Waals surface area contributed by atoms with E-state index in [9.17, 15) is 0 Å². The summed E-state index contributed by atoms with van der Waals surface area (Å²) in [6.45, 7) is 6.49. The van der Waals surface area contributed by atoms with Gasteiger partial charge in [-0.05, 0) is 17.9 Å². The Labute approximate surface area is 86.1 Å². The highest BCUT2D eigenvalue weighted by Crippen LogP contribution is 2.06. The van der Waals surface area contributed by atoms with Crippen molar-refractivity contribution in [2.45, 2.75) is 33.6 Å².